The quantitative estimate of drug-likeness (QED) is 0.391. The number of methoxy groups -OCH3 is 1. The van der Waals surface area contributed by atoms with Gasteiger partial charge in [0, 0.05) is 10.5 Å². The van der Waals surface area contributed by atoms with Gasteiger partial charge in [0.05, 0.1) is 13.7 Å². The largest absolute Gasteiger partial charge is 0.490 e. The molecule has 1 aromatic rings. The van der Waals surface area contributed by atoms with Crippen molar-refractivity contribution in [3.63, 3.8) is 0 Å². The number of rotatable bonds is 8. The SMILES string of the molecule is CCOc1cc(/C=C(/C#N)C(=O)NC(C)C)c(Br)cc1OCC(=O)OC. The van der Waals surface area contributed by atoms with Crippen molar-refractivity contribution in [2.75, 3.05) is 20.3 Å². The summed E-state index contributed by atoms with van der Waals surface area (Å²) in [5, 5.41) is 11.9. The van der Waals surface area contributed by atoms with E-state index in [-0.39, 0.29) is 18.2 Å². The van der Waals surface area contributed by atoms with Gasteiger partial charge in [-0.1, -0.05) is 15.9 Å². The number of esters is 1. The first kappa shape index (κ1) is 21.5. The minimum atomic E-state index is -0.523. The number of nitrogens with one attached hydrogen (secondary N) is 1. The fourth-order valence-electron chi connectivity index (χ4n) is 1.88. The van der Waals surface area contributed by atoms with Crippen LogP contribution in [0.2, 0.25) is 0 Å². The zero-order valence-corrected chi connectivity index (χ0v) is 16.7. The average molecular weight is 425 g/mol. The van der Waals surface area contributed by atoms with Crippen molar-refractivity contribution in [1.29, 1.82) is 5.26 Å². The Kier molecular flexibility index (Phi) is 8.65. The molecule has 7 nitrogen and oxygen atoms in total. The number of halogens is 1. The van der Waals surface area contributed by atoms with E-state index in [2.05, 4.69) is 26.0 Å². The minimum Gasteiger partial charge on any atom is -0.490 e. The second kappa shape index (κ2) is 10.5. The van der Waals surface area contributed by atoms with Crippen molar-refractivity contribution < 1.29 is 23.8 Å². The van der Waals surface area contributed by atoms with E-state index >= 15 is 0 Å². The van der Waals surface area contributed by atoms with Crippen LogP contribution in [0.3, 0.4) is 0 Å². The number of hydrogen-bond acceptors (Lipinski definition) is 6. The van der Waals surface area contributed by atoms with Crippen molar-refractivity contribution in [3.8, 4) is 17.6 Å². The lowest BCUT2D eigenvalue weighted by Crippen LogP contribution is -2.30. The van der Waals surface area contributed by atoms with Gasteiger partial charge in [-0.2, -0.15) is 5.26 Å². The fraction of sp³-hybridized carbons (Fsp3) is 0.389. The summed E-state index contributed by atoms with van der Waals surface area (Å²) in [7, 11) is 1.27. The molecule has 0 saturated carbocycles. The summed E-state index contributed by atoms with van der Waals surface area (Å²) in [4.78, 5) is 23.3. The molecule has 0 aliphatic rings. The van der Waals surface area contributed by atoms with Gasteiger partial charge >= 0.3 is 5.97 Å². The first-order chi connectivity index (χ1) is 12.3. The van der Waals surface area contributed by atoms with E-state index in [0.29, 0.717) is 28.1 Å². The van der Waals surface area contributed by atoms with Gasteiger partial charge in [-0.05, 0) is 44.5 Å². The molecule has 8 heteroatoms. The molecule has 0 fully saturated rings. The summed E-state index contributed by atoms with van der Waals surface area (Å²) in [6, 6.07) is 5.04. The lowest BCUT2D eigenvalue weighted by Gasteiger charge is -2.14. The van der Waals surface area contributed by atoms with E-state index in [1.165, 1.54) is 13.2 Å². The van der Waals surface area contributed by atoms with Crippen LogP contribution in [-0.4, -0.2) is 38.2 Å². The van der Waals surface area contributed by atoms with Gasteiger partial charge in [0.1, 0.15) is 11.6 Å². The molecule has 140 valence electrons. The Labute approximate surface area is 161 Å². The molecule has 0 bridgehead atoms. The molecule has 1 rings (SSSR count). The second-order valence-electron chi connectivity index (χ2n) is 5.42. The Balaban J connectivity index is 3.21. The van der Waals surface area contributed by atoms with E-state index in [0.717, 1.165) is 0 Å². The topological polar surface area (TPSA) is 97.6 Å². The van der Waals surface area contributed by atoms with Crippen molar-refractivity contribution >= 4 is 33.9 Å². The van der Waals surface area contributed by atoms with E-state index in [4.69, 9.17) is 9.47 Å². The maximum Gasteiger partial charge on any atom is 0.343 e. The molecule has 0 saturated heterocycles. The first-order valence-electron chi connectivity index (χ1n) is 7.90. The minimum absolute atomic E-state index is 0.0370. The molecule has 26 heavy (non-hydrogen) atoms. The maximum atomic E-state index is 12.1. The standard InChI is InChI=1S/C18H21BrN2O5/c1-5-25-15-7-12(6-13(9-20)18(23)21-11(2)3)14(19)8-16(15)26-10-17(22)24-4/h6-8,11H,5,10H2,1-4H3,(H,21,23)/b13-6-. The summed E-state index contributed by atoms with van der Waals surface area (Å²) in [6.45, 7) is 5.53. The summed E-state index contributed by atoms with van der Waals surface area (Å²) >= 11 is 3.38. The Hall–Kier alpha value is -2.53. The summed E-state index contributed by atoms with van der Waals surface area (Å²) in [5.41, 5.74) is 0.527. The number of carbonyl (C=O) groups is 2. The van der Waals surface area contributed by atoms with Crippen LogP contribution in [0, 0.1) is 11.3 Å². The number of benzene rings is 1. The highest BCUT2D eigenvalue weighted by atomic mass is 79.9. The number of nitrogens with zero attached hydrogens (tertiary/aromatic N) is 1. The van der Waals surface area contributed by atoms with Gasteiger partial charge < -0.3 is 19.5 Å². The molecule has 1 aromatic carbocycles. The highest BCUT2D eigenvalue weighted by Crippen LogP contribution is 2.35. The second-order valence-corrected chi connectivity index (χ2v) is 6.27. The van der Waals surface area contributed by atoms with Crippen molar-refractivity contribution in [1.82, 2.24) is 5.32 Å². The molecule has 1 N–H and O–H groups in total. The molecule has 0 unspecified atom stereocenters. The highest BCUT2D eigenvalue weighted by molar-refractivity contribution is 9.10. The van der Waals surface area contributed by atoms with Crippen molar-refractivity contribution in [3.05, 3.63) is 27.7 Å². The first-order valence-corrected chi connectivity index (χ1v) is 8.70. The van der Waals surface area contributed by atoms with Crippen LogP contribution < -0.4 is 14.8 Å². The van der Waals surface area contributed by atoms with E-state index < -0.39 is 11.9 Å². The number of nitriles is 1. The lowest BCUT2D eigenvalue weighted by molar-refractivity contribution is -0.142. The summed E-state index contributed by atoms with van der Waals surface area (Å²) < 4.78 is 16.1. The molecule has 0 spiro atoms. The van der Waals surface area contributed by atoms with Crippen LogP contribution in [0.5, 0.6) is 11.5 Å². The Bertz CT molecular complexity index is 738. The third-order valence-corrected chi connectivity index (χ3v) is 3.71. The molecule has 0 aliphatic carbocycles. The van der Waals surface area contributed by atoms with Crippen LogP contribution in [0.15, 0.2) is 22.2 Å². The lowest BCUT2D eigenvalue weighted by atomic mass is 10.1. The van der Waals surface area contributed by atoms with Gasteiger partial charge in [0.15, 0.2) is 18.1 Å². The van der Waals surface area contributed by atoms with Crippen LogP contribution in [-0.2, 0) is 14.3 Å². The van der Waals surface area contributed by atoms with Crippen LogP contribution in [0.4, 0.5) is 0 Å². The molecule has 0 heterocycles. The number of hydrogen-bond donors (Lipinski definition) is 1. The number of carbonyl (C=O) groups excluding carboxylic acids is 2. The number of ether oxygens (including phenoxy) is 3. The zero-order valence-electron chi connectivity index (χ0n) is 15.1. The predicted octanol–water partition coefficient (Wildman–Crippen LogP) is 2.83. The van der Waals surface area contributed by atoms with Crippen LogP contribution in [0.1, 0.15) is 26.3 Å². The van der Waals surface area contributed by atoms with Crippen LogP contribution in [0.25, 0.3) is 6.08 Å². The third-order valence-electron chi connectivity index (χ3n) is 3.02. The molecule has 0 radical (unpaired) electrons. The Morgan fingerprint density at radius 1 is 1.31 bits per heavy atom. The molecule has 0 atom stereocenters. The van der Waals surface area contributed by atoms with Gasteiger partial charge in [-0.3, -0.25) is 4.79 Å². The van der Waals surface area contributed by atoms with Gasteiger partial charge in [0.25, 0.3) is 5.91 Å². The molecular formula is C18H21BrN2O5. The normalized spacial score (nSPS) is 10.9. The zero-order chi connectivity index (χ0) is 19.7. The molecule has 1 amide bonds. The predicted molar refractivity (Wildman–Crippen MR) is 99.7 cm³/mol. The third kappa shape index (κ3) is 6.41. The highest BCUT2D eigenvalue weighted by Gasteiger charge is 2.15. The monoisotopic (exact) mass is 424 g/mol. The van der Waals surface area contributed by atoms with E-state index in [9.17, 15) is 14.9 Å². The fourth-order valence-corrected chi connectivity index (χ4v) is 2.32. The smallest absolute Gasteiger partial charge is 0.343 e. The molecule has 0 aliphatic heterocycles. The number of amides is 1. The Morgan fingerprint density at radius 2 is 1.96 bits per heavy atom. The van der Waals surface area contributed by atoms with Gasteiger partial charge in [0.2, 0.25) is 0 Å². The van der Waals surface area contributed by atoms with Crippen LogP contribution >= 0.6 is 15.9 Å². The maximum absolute atomic E-state index is 12.1. The summed E-state index contributed by atoms with van der Waals surface area (Å²) in [5.74, 6) is -0.262. The van der Waals surface area contributed by atoms with Gasteiger partial charge in [-0.15, -0.1) is 0 Å². The van der Waals surface area contributed by atoms with E-state index in [1.54, 1.807) is 19.1 Å². The Morgan fingerprint density at radius 3 is 2.50 bits per heavy atom. The van der Waals surface area contributed by atoms with Crippen molar-refractivity contribution in [2.24, 2.45) is 0 Å². The van der Waals surface area contributed by atoms with Gasteiger partial charge in [-0.25, -0.2) is 4.79 Å². The molecule has 0 aromatic heterocycles. The summed E-state index contributed by atoms with van der Waals surface area (Å²) in [6.07, 6.45) is 1.45. The molecular weight excluding hydrogens is 404 g/mol. The van der Waals surface area contributed by atoms with Crippen molar-refractivity contribution in [2.45, 2.75) is 26.8 Å². The average Bonchev–Trinajstić information content (AvgIpc) is 2.59. The van der Waals surface area contributed by atoms with E-state index in [1.807, 2.05) is 19.9 Å².